The largest absolute Gasteiger partial charge is 0.342 e. The van der Waals surface area contributed by atoms with E-state index in [1.54, 1.807) is 12.1 Å². The summed E-state index contributed by atoms with van der Waals surface area (Å²) in [5, 5.41) is 6.61. The van der Waals surface area contributed by atoms with Crippen molar-refractivity contribution in [2.45, 2.75) is 25.3 Å². The van der Waals surface area contributed by atoms with Crippen molar-refractivity contribution in [3.05, 3.63) is 82.9 Å². The maximum atomic E-state index is 14.2. The number of carbonyl (C=O) groups excluding carboxylic acids is 2. The number of nitrogens with zero attached hydrogens (tertiary/aromatic N) is 3. The lowest BCUT2D eigenvalue weighted by Gasteiger charge is -2.22. The molecule has 0 saturated carbocycles. The third-order valence-corrected chi connectivity index (χ3v) is 5.21. The molecule has 3 aromatic rings. The van der Waals surface area contributed by atoms with Gasteiger partial charge in [0.05, 0.1) is 11.9 Å². The first-order valence-electron chi connectivity index (χ1n) is 9.66. The lowest BCUT2D eigenvalue weighted by atomic mass is 10.1. The van der Waals surface area contributed by atoms with Gasteiger partial charge in [0.1, 0.15) is 23.5 Å². The summed E-state index contributed by atoms with van der Waals surface area (Å²) < 4.78 is 42.2. The molecule has 1 aromatic heterocycles. The van der Waals surface area contributed by atoms with Gasteiger partial charge in [0.2, 0.25) is 5.91 Å². The van der Waals surface area contributed by atoms with Crippen LogP contribution in [0.25, 0.3) is 0 Å². The van der Waals surface area contributed by atoms with E-state index < -0.39 is 29.6 Å². The summed E-state index contributed by atoms with van der Waals surface area (Å²) in [6.07, 6.45) is 3.77. The summed E-state index contributed by atoms with van der Waals surface area (Å²) in [4.78, 5) is 26.5. The topological polar surface area (TPSA) is 67.2 Å². The molecule has 0 aliphatic carbocycles. The van der Waals surface area contributed by atoms with Crippen molar-refractivity contribution in [2.75, 3.05) is 11.9 Å². The summed E-state index contributed by atoms with van der Waals surface area (Å²) in [6.45, 7) is 0. The first kappa shape index (κ1) is 20.6. The van der Waals surface area contributed by atoms with E-state index in [2.05, 4.69) is 10.4 Å². The molecule has 9 heteroatoms. The molecule has 1 aliphatic heterocycles. The number of rotatable bonds is 3. The molecule has 1 atom stereocenters. The van der Waals surface area contributed by atoms with Crippen LogP contribution in [0, 0.1) is 17.5 Å². The van der Waals surface area contributed by atoms with E-state index in [9.17, 15) is 22.8 Å². The number of nitrogens with one attached hydrogen (secondary N) is 1. The zero-order valence-corrected chi connectivity index (χ0v) is 16.6. The minimum absolute atomic E-state index is 0.0135. The van der Waals surface area contributed by atoms with Gasteiger partial charge in [-0.15, -0.1) is 0 Å². The normalized spacial score (nSPS) is 16.1. The van der Waals surface area contributed by atoms with E-state index in [1.807, 2.05) is 0 Å². The summed E-state index contributed by atoms with van der Waals surface area (Å²) in [5.41, 5.74) is 1.80. The monoisotopic (exact) mass is 428 g/mol. The molecule has 2 amide bonds. The number of carbonyl (C=O) groups is 2. The molecule has 0 radical (unpaired) electrons. The smallest absolute Gasteiger partial charge is 0.324 e. The van der Waals surface area contributed by atoms with Gasteiger partial charge in [-0.2, -0.15) is 9.78 Å². The zero-order valence-electron chi connectivity index (χ0n) is 16.6. The molecule has 0 spiro atoms. The van der Waals surface area contributed by atoms with Crippen LogP contribution in [0.4, 0.5) is 23.7 Å². The van der Waals surface area contributed by atoms with Gasteiger partial charge in [-0.1, -0.05) is 12.1 Å². The van der Waals surface area contributed by atoms with Crippen LogP contribution in [0.15, 0.2) is 48.8 Å². The fraction of sp³-hybridized carbons (Fsp3) is 0.227. The molecule has 2 aromatic carbocycles. The molecule has 31 heavy (non-hydrogen) atoms. The van der Waals surface area contributed by atoms with Gasteiger partial charge in [-0.25, -0.2) is 18.0 Å². The molecule has 1 aliphatic rings. The zero-order chi connectivity index (χ0) is 22.1. The number of likely N-dealkylation sites (N-methyl/N-ethyl adjacent to an activating group) is 1. The van der Waals surface area contributed by atoms with Gasteiger partial charge < -0.3 is 10.2 Å². The minimum Gasteiger partial charge on any atom is -0.324 e. The molecule has 1 N–H and O–H groups in total. The average molecular weight is 428 g/mol. The Kier molecular flexibility index (Phi) is 5.50. The molecule has 6 nitrogen and oxygen atoms in total. The van der Waals surface area contributed by atoms with Crippen LogP contribution >= 0.6 is 0 Å². The quantitative estimate of drug-likeness (QED) is 0.695. The Balaban J connectivity index is 1.47. The van der Waals surface area contributed by atoms with E-state index >= 15 is 0 Å². The van der Waals surface area contributed by atoms with Crippen LogP contribution < -0.4 is 10.2 Å². The van der Waals surface area contributed by atoms with Crippen molar-refractivity contribution in [1.29, 1.82) is 0 Å². The number of benzene rings is 2. The Morgan fingerprint density at radius 2 is 1.97 bits per heavy atom. The summed E-state index contributed by atoms with van der Waals surface area (Å²) in [6, 6.07) is 6.47. The van der Waals surface area contributed by atoms with Gasteiger partial charge in [0.25, 0.3) is 0 Å². The van der Waals surface area contributed by atoms with Crippen LogP contribution in [-0.2, 0) is 17.6 Å². The second kappa shape index (κ2) is 8.25. The highest BCUT2D eigenvalue weighted by Crippen LogP contribution is 2.30. The Morgan fingerprint density at radius 1 is 1.16 bits per heavy atom. The predicted octanol–water partition coefficient (Wildman–Crippen LogP) is 3.43. The standard InChI is InChI=1S/C22H19F3N4O2/c1-28-20-15(9-17(24)10-18(20)25)5-6-19(21(28)30)27-22(31)29-12-14(11-26-29)7-13-3-2-4-16(23)8-13/h2-4,8-12,19H,5-7H2,1H3,(H,27,31). The fourth-order valence-corrected chi connectivity index (χ4v) is 3.75. The SMILES string of the molecule is CN1C(=O)C(NC(=O)n2cc(Cc3cccc(F)c3)cn2)CCc2cc(F)cc(F)c21. The first-order valence-corrected chi connectivity index (χ1v) is 9.66. The second-order valence-corrected chi connectivity index (χ2v) is 7.43. The molecule has 1 unspecified atom stereocenters. The van der Waals surface area contributed by atoms with Crippen molar-refractivity contribution < 1.29 is 22.8 Å². The number of fused-ring (bicyclic) bond motifs is 1. The van der Waals surface area contributed by atoms with E-state index in [-0.39, 0.29) is 24.3 Å². The maximum Gasteiger partial charge on any atom is 0.342 e. The molecule has 160 valence electrons. The number of anilines is 1. The van der Waals surface area contributed by atoms with Gasteiger partial charge >= 0.3 is 6.03 Å². The molecule has 0 saturated heterocycles. The van der Waals surface area contributed by atoms with Crippen LogP contribution in [0.3, 0.4) is 0 Å². The number of aromatic nitrogens is 2. The van der Waals surface area contributed by atoms with Gasteiger partial charge in [0, 0.05) is 25.7 Å². The molecular weight excluding hydrogens is 409 g/mol. The number of hydrogen-bond acceptors (Lipinski definition) is 3. The van der Waals surface area contributed by atoms with Gasteiger partial charge in [-0.05, 0) is 47.7 Å². The van der Waals surface area contributed by atoms with Gasteiger partial charge in [-0.3, -0.25) is 4.79 Å². The number of halogens is 3. The Morgan fingerprint density at radius 3 is 2.74 bits per heavy atom. The number of amides is 2. The minimum atomic E-state index is -0.928. The Bertz CT molecular complexity index is 1160. The van der Waals surface area contributed by atoms with Crippen LogP contribution in [0.1, 0.15) is 23.1 Å². The Labute approximate surface area is 176 Å². The predicted molar refractivity (Wildman–Crippen MR) is 107 cm³/mol. The van der Waals surface area contributed by atoms with Crippen molar-refractivity contribution in [3.63, 3.8) is 0 Å². The number of hydrogen-bond donors (Lipinski definition) is 1. The molecule has 4 rings (SSSR count). The van der Waals surface area contributed by atoms with E-state index in [0.29, 0.717) is 17.5 Å². The molecule has 0 bridgehead atoms. The van der Waals surface area contributed by atoms with Crippen LogP contribution in [-0.4, -0.2) is 34.8 Å². The van der Waals surface area contributed by atoms with Crippen molar-refractivity contribution in [2.24, 2.45) is 0 Å². The summed E-state index contributed by atoms with van der Waals surface area (Å²) in [7, 11) is 1.39. The first-order chi connectivity index (χ1) is 14.8. The summed E-state index contributed by atoms with van der Waals surface area (Å²) >= 11 is 0. The Hall–Kier alpha value is -3.62. The fourth-order valence-electron chi connectivity index (χ4n) is 3.75. The van der Waals surface area contributed by atoms with E-state index in [1.165, 1.54) is 37.6 Å². The second-order valence-electron chi connectivity index (χ2n) is 7.43. The van der Waals surface area contributed by atoms with Crippen molar-refractivity contribution in [1.82, 2.24) is 15.1 Å². The number of aryl methyl sites for hydroxylation is 1. The van der Waals surface area contributed by atoms with Crippen LogP contribution in [0.2, 0.25) is 0 Å². The average Bonchev–Trinajstić information content (AvgIpc) is 3.14. The van der Waals surface area contributed by atoms with Crippen LogP contribution in [0.5, 0.6) is 0 Å². The van der Waals surface area contributed by atoms with E-state index in [0.717, 1.165) is 21.2 Å². The molecule has 0 fully saturated rings. The third kappa shape index (κ3) is 4.30. The summed E-state index contributed by atoms with van der Waals surface area (Å²) in [5.74, 6) is -2.41. The van der Waals surface area contributed by atoms with Gasteiger partial charge in [0.15, 0.2) is 0 Å². The molecule has 2 heterocycles. The molecular formula is C22H19F3N4O2. The van der Waals surface area contributed by atoms with Crippen molar-refractivity contribution >= 4 is 17.6 Å². The highest BCUT2D eigenvalue weighted by Gasteiger charge is 2.32. The van der Waals surface area contributed by atoms with Crippen molar-refractivity contribution in [3.8, 4) is 0 Å². The third-order valence-electron chi connectivity index (χ3n) is 5.21. The highest BCUT2D eigenvalue weighted by molar-refractivity contribution is 6.00. The van der Waals surface area contributed by atoms with E-state index in [4.69, 9.17) is 0 Å². The maximum absolute atomic E-state index is 14.2. The highest BCUT2D eigenvalue weighted by atomic mass is 19.1. The lowest BCUT2D eigenvalue weighted by molar-refractivity contribution is -0.120. The lowest BCUT2D eigenvalue weighted by Crippen LogP contribution is -2.48.